The van der Waals surface area contributed by atoms with Gasteiger partial charge < -0.3 is 19.5 Å². The van der Waals surface area contributed by atoms with Crippen LogP contribution in [0.5, 0.6) is 11.6 Å². The molecule has 0 aliphatic carbocycles. The highest BCUT2D eigenvalue weighted by Gasteiger charge is 2.18. The summed E-state index contributed by atoms with van der Waals surface area (Å²) in [6.07, 6.45) is 1.53. The number of rotatable bonds is 9. The summed E-state index contributed by atoms with van der Waals surface area (Å²) in [5.74, 6) is 0.845. The van der Waals surface area contributed by atoms with Crippen molar-refractivity contribution in [1.29, 1.82) is 0 Å². The van der Waals surface area contributed by atoms with Crippen molar-refractivity contribution in [2.45, 2.75) is 26.8 Å². The van der Waals surface area contributed by atoms with Gasteiger partial charge >= 0.3 is 6.03 Å². The van der Waals surface area contributed by atoms with Crippen LogP contribution in [0.15, 0.2) is 59.6 Å². The Balaban J connectivity index is 0.00000260. The number of benzene rings is 2. The number of halogens is 1. The number of carbonyl (C=O) groups excluding carboxylic acids is 3. The number of aliphatic hydroxyl groups excluding tert-OH is 1. The highest BCUT2D eigenvalue weighted by Crippen LogP contribution is 2.27. The van der Waals surface area contributed by atoms with E-state index in [4.69, 9.17) is 21.4 Å². The van der Waals surface area contributed by atoms with Crippen LogP contribution in [-0.2, 0) is 16.1 Å². The molecule has 2 N–H and O–H groups in total. The van der Waals surface area contributed by atoms with Gasteiger partial charge in [0.2, 0.25) is 18.2 Å². The molecule has 0 radical (unpaired) electrons. The Morgan fingerprint density at radius 3 is 2.38 bits per heavy atom. The molecule has 12 heteroatoms. The first-order chi connectivity index (χ1) is 18.8. The van der Waals surface area contributed by atoms with E-state index in [1.165, 1.54) is 9.80 Å². The number of aliphatic imine (C=N–C) groups is 1. The first kappa shape index (κ1) is 30.9. The first-order valence-corrected chi connectivity index (χ1v) is 12.2. The van der Waals surface area contributed by atoms with Crippen LogP contribution in [0, 0.1) is 13.8 Å². The predicted octanol–water partition coefficient (Wildman–Crippen LogP) is 4.02. The minimum atomic E-state index is -0.505. The second kappa shape index (κ2) is 15.8. The van der Waals surface area contributed by atoms with Crippen LogP contribution < -0.4 is 10.1 Å². The molecule has 0 aliphatic rings. The maximum atomic E-state index is 12.7. The van der Waals surface area contributed by atoms with Crippen molar-refractivity contribution < 1.29 is 24.2 Å². The standard InChI is InChI=1S/C26H27ClN6O4.CH4O/c1-18-5-7-20(8-6-18)16-33(17-35)25(29-26(36)32(3)13-4-14-34)28-21-9-10-22(19(2)15-21)37-24-12-11-23(27)30-31-24;1-2/h5-12,14-15,17H,4,13,16H2,1-3H3,(H,28,29,36);2H,1H3. The molecule has 0 saturated heterocycles. The summed E-state index contributed by atoms with van der Waals surface area (Å²) < 4.78 is 5.76. The number of hydrogen-bond donors (Lipinski definition) is 2. The Kier molecular flexibility index (Phi) is 12.5. The summed E-state index contributed by atoms with van der Waals surface area (Å²) in [7, 11) is 2.55. The summed E-state index contributed by atoms with van der Waals surface area (Å²) in [5.41, 5.74) is 3.16. The van der Waals surface area contributed by atoms with Crippen molar-refractivity contribution in [3.8, 4) is 11.6 Å². The molecule has 206 valence electrons. The Bertz CT molecular complexity index is 1270. The largest absolute Gasteiger partial charge is 0.437 e. The topological polar surface area (TPSA) is 137 Å². The fourth-order valence-electron chi connectivity index (χ4n) is 3.17. The Labute approximate surface area is 232 Å². The lowest BCUT2D eigenvalue weighted by Crippen LogP contribution is -2.48. The number of nitrogens with zero attached hydrogens (tertiary/aromatic N) is 5. The van der Waals surface area contributed by atoms with Gasteiger partial charge in [-0.25, -0.2) is 9.79 Å². The molecule has 1 aromatic heterocycles. The zero-order chi connectivity index (χ0) is 28.8. The van der Waals surface area contributed by atoms with Crippen LogP contribution >= 0.6 is 11.6 Å². The Hall–Kier alpha value is -4.35. The Morgan fingerprint density at radius 1 is 1.08 bits per heavy atom. The summed E-state index contributed by atoms with van der Waals surface area (Å²) in [6, 6.07) is 15.5. The molecule has 3 aromatic rings. The molecule has 0 bridgehead atoms. The highest BCUT2D eigenvalue weighted by molar-refractivity contribution is 6.29. The molecule has 0 spiro atoms. The van der Waals surface area contributed by atoms with Crippen molar-refractivity contribution in [2.24, 2.45) is 4.99 Å². The van der Waals surface area contributed by atoms with E-state index in [-0.39, 0.29) is 36.5 Å². The SMILES string of the molecule is CO.Cc1ccc(CN(C=O)C(=Nc2ccc(Oc3ccc(Cl)nn3)c(C)c2)NC(=O)N(C)CCC=O)cc1. The van der Waals surface area contributed by atoms with Crippen molar-refractivity contribution in [2.75, 3.05) is 20.7 Å². The lowest BCUT2D eigenvalue weighted by Gasteiger charge is -2.23. The minimum Gasteiger partial charge on any atom is -0.437 e. The predicted molar refractivity (Wildman–Crippen MR) is 148 cm³/mol. The van der Waals surface area contributed by atoms with Crippen LogP contribution in [-0.4, -0.2) is 70.5 Å². The molecule has 3 rings (SSSR count). The van der Waals surface area contributed by atoms with Crippen LogP contribution in [0.1, 0.15) is 23.1 Å². The maximum absolute atomic E-state index is 12.7. The third kappa shape index (κ3) is 9.80. The molecule has 0 aliphatic heterocycles. The van der Waals surface area contributed by atoms with E-state index in [9.17, 15) is 14.4 Å². The zero-order valence-corrected chi connectivity index (χ0v) is 22.9. The molecule has 0 saturated carbocycles. The molecular formula is C27H31ClN6O5. The van der Waals surface area contributed by atoms with E-state index in [0.29, 0.717) is 17.8 Å². The van der Waals surface area contributed by atoms with Gasteiger partial charge in [0.05, 0.1) is 12.2 Å². The second-order valence-electron chi connectivity index (χ2n) is 8.21. The van der Waals surface area contributed by atoms with Crippen LogP contribution in [0.2, 0.25) is 5.15 Å². The number of amides is 3. The third-order valence-electron chi connectivity index (χ3n) is 5.24. The van der Waals surface area contributed by atoms with E-state index in [0.717, 1.165) is 30.1 Å². The van der Waals surface area contributed by atoms with Gasteiger partial charge in [-0.1, -0.05) is 41.4 Å². The lowest BCUT2D eigenvalue weighted by atomic mass is 10.1. The van der Waals surface area contributed by atoms with Gasteiger partial charge in [-0.05, 0) is 49.2 Å². The van der Waals surface area contributed by atoms with Gasteiger partial charge in [-0.3, -0.25) is 15.0 Å². The van der Waals surface area contributed by atoms with Crippen molar-refractivity contribution in [3.05, 3.63) is 76.4 Å². The van der Waals surface area contributed by atoms with Crippen LogP contribution in [0.4, 0.5) is 10.5 Å². The number of guanidine groups is 1. The average molecular weight is 555 g/mol. The van der Waals surface area contributed by atoms with Crippen LogP contribution in [0.3, 0.4) is 0 Å². The number of urea groups is 1. The van der Waals surface area contributed by atoms with Gasteiger partial charge in [0.1, 0.15) is 12.0 Å². The van der Waals surface area contributed by atoms with E-state index in [1.807, 2.05) is 38.1 Å². The van der Waals surface area contributed by atoms with Gasteiger partial charge in [0.25, 0.3) is 0 Å². The van der Waals surface area contributed by atoms with Gasteiger partial charge in [-0.2, -0.15) is 0 Å². The number of aromatic nitrogens is 2. The molecule has 2 aromatic carbocycles. The normalized spacial score (nSPS) is 10.6. The summed E-state index contributed by atoms with van der Waals surface area (Å²) in [6.45, 7) is 4.21. The number of aldehydes is 1. The third-order valence-corrected chi connectivity index (χ3v) is 5.44. The molecule has 39 heavy (non-hydrogen) atoms. The summed E-state index contributed by atoms with van der Waals surface area (Å²) in [5, 5.41) is 17.6. The van der Waals surface area contributed by atoms with Gasteiger partial charge in [0, 0.05) is 33.2 Å². The van der Waals surface area contributed by atoms with E-state index in [2.05, 4.69) is 20.5 Å². The fraction of sp³-hybridized carbons (Fsp3) is 0.259. The minimum absolute atomic E-state index is 0.0372. The molecule has 0 atom stereocenters. The molecule has 0 fully saturated rings. The van der Waals surface area contributed by atoms with E-state index < -0.39 is 6.03 Å². The fourth-order valence-corrected chi connectivity index (χ4v) is 3.27. The van der Waals surface area contributed by atoms with Crippen molar-refractivity contribution >= 4 is 42.0 Å². The smallest absolute Gasteiger partial charge is 0.323 e. The molecule has 1 heterocycles. The summed E-state index contributed by atoms with van der Waals surface area (Å²) in [4.78, 5) is 42.7. The molecular weight excluding hydrogens is 524 g/mol. The van der Waals surface area contributed by atoms with E-state index in [1.54, 1.807) is 37.4 Å². The number of ether oxygens (including phenoxy) is 1. The quantitative estimate of drug-likeness (QED) is 0.231. The first-order valence-electron chi connectivity index (χ1n) is 11.8. The van der Waals surface area contributed by atoms with Crippen LogP contribution in [0.25, 0.3) is 0 Å². The molecule has 0 unspecified atom stereocenters. The maximum Gasteiger partial charge on any atom is 0.323 e. The molecule has 11 nitrogen and oxygen atoms in total. The number of hydrogen-bond acceptors (Lipinski definition) is 8. The monoisotopic (exact) mass is 554 g/mol. The number of aliphatic hydroxyl groups is 1. The van der Waals surface area contributed by atoms with Crippen molar-refractivity contribution in [1.82, 2.24) is 25.3 Å². The number of carbonyl (C=O) groups is 3. The van der Waals surface area contributed by atoms with Crippen molar-refractivity contribution in [3.63, 3.8) is 0 Å². The van der Waals surface area contributed by atoms with E-state index >= 15 is 0 Å². The average Bonchev–Trinajstić information content (AvgIpc) is 2.94. The second-order valence-corrected chi connectivity index (χ2v) is 8.59. The zero-order valence-electron chi connectivity index (χ0n) is 22.2. The summed E-state index contributed by atoms with van der Waals surface area (Å²) >= 11 is 5.77. The van der Waals surface area contributed by atoms with Gasteiger partial charge in [0.15, 0.2) is 5.15 Å². The van der Waals surface area contributed by atoms with Gasteiger partial charge in [-0.15, -0.1) is 10.2 Å². The highest BCUT2D eigenvalue weighted by atomic mass is 35.5. The number of aryl methyl sites for hydroxylation is 2. The molecule has 3 amide bonds. The Morgan fingerprint density at radius 2 is 1.79 bits per heavy atom. The number of nitrogens with one attached hydrogen (secondary N) is 1. The lowest BCUT2D eigenvalue weighted by molar-refractivity contribution is -0.115.